The highest BCUT2D eigenvalue weighted by Crippen LogP contribution is 2.29. The molecule has 1 saturated carbocycles. The predicted molar refractivity (Wildman–Crippen MR) is 87.7 cm³/mol. The number of nitrogens with one attached hydrogen (secondary N) is 1. The van der Waals surface area contributed by atoms with E-state index in [0.29, 0.717) is 6.04 Å². The molecule has 0 spiro atoms. The summed E-state index contributed by atoms with van der Waals surface area (Å²) in [7, 11) is 1.76. The Kier molecular flexibility index (Phi) is 6.55. The van der Waals surface area contributed by atoms with Gasteiger partial charge in [-0.1, -0.05) is 19.8 Å². The van der Waals surface area contributed by atoms with Gasteiger partial charge in [0, 0.05) is 32.5 Å². The molecular weight excluding hydrogens is 262 g/mol. The molecule has 120 valence electrons. The summed E-state index contributed by atoms with van der Waals surface area (Å²) in [6, 6.07) is 0.598. The second-order valence-electron chi connectivity index (χ2n) is 6.40. The van der Waals surface area contributed by atoms with Gasteiger partial charge in [0.1, 0.15) is 0 Å². The summed E-state index contributed by atoms with van der Waals surface area (Å²) >= 11 is 0. The van der Waals surface area contributed by atoms with Crippen LogP contribution in [0.15, 0.2) is 6.20 Å². The molecule has 0 unspecified atom stereocenters. The molecule has 4 heteroatoms. The number of hydrogen-bond donors (Lipinski definition) is 1. The molecule has 0 radical (unpaired) electrons. The van der Waals surface area contributed by atoms with E-state index in [0.717, 1.165) is 37.1 Å². The summed E-state index contributed by atoms with van der Waals surface area (Å²) in [6.45, 7) is 6.14. The maximum absolute atomic E-state index is 5.14. The molecule has 0 amide bonds. The number of imidazole rings is 1. The van der Waals surface area contributed by atoms with Crippen LogP contribution < -0.4 is 5.32 Å². The SMILES string of the molecule is CCCC1CCC(Nc2nc(C)cn2CCCOC)CC1. The summed E-state index contributed by atoms with van der Waals surface area (Å²) in [5.41, 5.74) is 1.09. The van der Waals surface area contributed by atoms with Crippen molar-refractivity contribution in [2.24, 2.45) is 5.92 Å². The molecule has 0 aromatic carbocycles. The van der Waals surface area contributed by atoms with Crippen LogP contribution in [-0.2, 0) is 11.3 Å². The molecule has 0 aliphatic heterocycles. The quantitative estimate of drug-likeness (QED) is 0.736. The minimum atomic E-state index is 0.598. The summed E-state index contributed by atoms with van der Waals surface area (Å²) in [6.07, 6.45) is 11.2. The van der Waals surface area contributed by atoms with E-state index < -0.39 is 0 Å². The van der Waals surface area contributed by atoms with Crippen LogP contribution in [-0.4, -0.2) is 29.3 Å². The minimum Gasteiger partial charge on any atom is -0.385 e. The third-order valence-corrected chi connectivity index (χ3v) is 4.52. The van der Waals surface area contributed by atoms with E-state index >= 15 is 0 Å². The number of hydrogen-bond acceptors (Lipinski definition) is 3. The largest absolute Gasteiger partial charge is 0.385 e. The van der Waals surface area contributed by atoms with Crippen LogP contribution in [0.4, 0.5) is 5.95 Å². The number of ether oxygens (including phenoxy) is 1. The van der Waals surface area contributed by atoms with Gasteiger partial charge >= 0.3 is 0 Å². The maximum Gasteiger partial charge on any atom is 0.203 e. The highest BCUT2D eigenvalue weighted by molar-refractivity contribution is 5.30. The van der Waals surface area contributed by atoms with Gasteiger partial charge in [0.2, 0.25) is 5.95 Å². The zero-order valence-electron chi connectivity index (χ0n) is 13.9. The van der Waals surface area contributed by atoms with Crippen molar-refractivity contribution in [1.82, 2.24) is 9.55 Å². The monoisotopic (exact) mass is 293 g/mol. The fourth-order valence-corrected chi connectivity index (χ4v) is 3.40. The molecule has 0 atom stereocenters. The van der Waals surface area contributed by atoms with Crippen LogP contribution in [0, 0.1) is 12.8 Å². The summed E-state index contributed by atoms with van der Waals surface area (Å²) in [5.74, 6) is 2.00. The van der Waals surface area contributed by atoms with E-state index in [9.17, 15) is 0 Å². The Balaban J connectivity index is 1.85. The van der Waals surface area contributed by atoms with E-state index in [4.69, 9.17) is 4.74 Å². The first kappa shape index (κ1) is 16.3. The Morgan fingerprint density at radius 1 is 1.33 bits per heavy atom. The van der Waals surface area contributed by atoms with Gasteiger partial charge in [-0.2, -0.15) is 0 Å². The van der Waals surface area contributed by atoms with Gasteiger partial charge in [0.05, 0.1) is 5.69 Å². The Bertz CT molecular complexity index is 408. The fourth-order valence-electron chi connectivity index (χ4n) is 3.40. The lowest BCUT2D eigenvalue weighted by Crippen LogP contribution is -2.27. The molecule has 1 aromatic rings. The number of aryl methyl sites for hydroxylation is 2. The van der Waals surface area contributed by atoms with Gasteiger partial charge in [-0.15, -0.1) is 0 Å². The smallest absolute Gasteiger partial charge is 0.203 e. The molecular formula is C17H31N3O. The molecule has 4 nitrogen and oxygen atoms in total. The van der Waals surface area contributed by atoms with E-state index in [-0.39, 0.29) is 0 Å². The van der Waals surface area contributed by atoms with Crippen molar-refractivity contribution in [3.63, 3.8) is 0 Å². The molecule has 0 bridgehead atoms. The number of methoxy groups -OCH3 is 1. The zero-order chi connectivity index (χ0) is 15.1. The van der Waals surface area contributed by atoms with E-state index in [2.05, 4.69) is 34.9 Å². The normalized spacial score (nSPS) is 22.4. The Hall–Kier alpha value is -1.03. The van der Waals surface area contributed by atoms with E-state index in [1.54, 1.807) is 7.11 Å². The van der Waals surface area contributed by atoms with Gasteiger partial charge in [-0.25, -0.2) is 4.98 Å². The molecule has 2 rings (SSSR count). The highest BCUT2D eigenvalue weighted by atomic mass is 16.5. The van der Waals surface area contributed by atoms with Crippen LogP contribution >= 0.6 is 0 Å². The molecule has 0 saturated heterocycles. The van der Waals surface area contributed by atoms with Crippen molar-refractivity contribution in [2.75, 3.05) is 19.0 Å². The van der Waals surface area contributed by atoms with Crippen LogP contribution in [0.3, 0.4) is 0 Å². The maximum atomic E-state index is 5.14. The number of anilines is 1. The predicted octanol–water partition coefficient (Wildman–Crippen LogP) is 4.00. The van der Waals surface area contributed by atoms with E-state index in [1.165, 1.54) is 38.5 Å². The van der Waals surface area contributed by atoms with Crippen molar-refractivity contribution in [3.05, 3.63) is 11.9 Å². The molecule has 1 N–H and O–H groups in total. The van der Waals surface area contributed by atoms with Crippen LogP contribution in [0.5, 0.6) is 0 Å². The fraction of sp³-hybridized carbons (Fsp3) is 0.824. The molecule has 1 aliphatic rings. The summed E-state index contributed by atoms with van der Waals surface area (Å²) < 4.78 is 7.38. The van der Waals surface area contributed by atoms with Crippen LogP contribution in [0.2, 0.25) is 0 Å². The van der Waals surface area contributed by atoms with Crippen molar-refractivity contribution < 1.29 is 4.74 Å². The molecule has 1 aliphatic carbocycles. The van der Waals surface area contributed by atoms with Crippen molar-refractivity contribution >= 4 is 5.95 Å². The lowest BCUT2D eigenvalue weighted by molar-refractivity contribution is 0.190. The molecule has 1 aromatic heterocycles. The average Bonchev–Trinajstić information content (AvgIpc) is 2.82. The standard InChI is InChI=1S/C17H31N3O/c1-4-6-15-7-9-16(10-8-15)19-17-18-14(2)13-20(17)11-5-12-21-3/h13,15-16H,4-12H2,1-3H3,(H,18,19). The summed E-state index contributed by atoms with van der Waals surface area (Å²) in [5, 5.41) is 3.67. The summed E-state index contributed by atoms with van der Waals surface area (Å²) in [4.78, 5) is 4.65. The Labute approximate surface area is 129 Å². The van der Waals surface area contributed by atoms with Gasteiger partial charge < -0.3 is 14.6 Å². The molecule has 1 heterocycles. The average molecular weight is 293 g/mol. The first-order valence-electron chi connectivity index (χ1n) is 8.52. The number of aromatic nitrogens is 2. The lowest BCUT2D eigenvalue weighted by atomic mass is 9.83. The van der Waals surface area contributed by atoms with Gasteiger partial charge in [0.15, 0.2) is 0 Å². The Morgan fingerprint density at radius 3 is 2.76 bits per heavy atom. The lowest BCUT2D eigenvalue weighted by Gasteiger charge is -2.29. The van der Waals surface area contributed by atoms with Crippen LogP contribution in [0.25, 0.3) is 0 Å². The minimum absolute atomic E-state index is 0.598. The van der Waals surface area contributed by atoms with Gasteiger partial charge in [0.25, 0.3) is 0 Å². The molecule has 21 heavy (non-hydrogen) atoms. The van der Waals surface area contributed by atoms with E-state index in [1.807, 2.05) is 0 Å². The molecule has 1 fully saturated rings. The second-order valence-corrected chi connectivity index (χ2v) is 6.40. The highest BCUT2D eigenvalue weighted by Gasteiger charge is 2.21. The Morgan fingerprint density at radius 2 is 2.10 bits per heavy atom. The first-order chi connectivity index (χ1) is 10.2. The van der Waals surface area contributed by atoms with Crippen molar-refractivity contribution in [2.45, 2.75) is 71.4 Å². The van der Waals surface area contributed by atoms with Crippen molar-refractivity contribution in [1.29, 1.82) is 0 Å². The van der Waals surface area contributed by atoms with Gasteiger partial charge in [-0.3, -0.25) is 0 Å². The number of nitrogens with zero attached hydrogens (tertiary/aromatic N) is 2. The second kappa shape index (κ2) is 8.42. The zero-order valence-corrected chi connectivity index (χ0v) is 13.9. The van der Waals surface area contributed by atoms with Crippen molar-refractivity contribution in [3.8, 4) is 0 Å². The third-order valence-electron chi connectivity index (χ3n) is 4.52. The third kappa shape index (κ3) is 5.03. The van der Waals surface area contributed by atoms with Crippen LogP contribution in [0.1, 0.15) is 57.6 Å². The first-order valence-corrected chi connectivity index (χ1v) is 8.52. The topological polar surface area (TPSA) is 39.1 Å². The number of rotatable bonds is 8. The van der Waals surface area contributed by atoms with Gasteiger partial charge in [-0.05, 0) is 44.9 Å².